The first kappa shape index (κ1) is 43.8. The molecule has 0 bridgehead atoms. The van der Waals surface area contributed by atoms with Crippen LogP contribution in [0.2, 0.25) is 0 Å². The molecule has 3 heterocycles. The van der Waals surface area contributed by atoms with Gasteiger partial charge in [-0.25, -0.2) is 0 Å². The van der Waals surface area contributed by atoms with Crippen molar-refractivity contribution in [2.24, 2.45) is 5.92 Å². The minimum Gasteiger partial charge on any atom is -0.508 e. The van der Waals surface area contributed by atoms with Crippen molar-refractivity contribution in [3.63, 3.8) is 0 Å². The summed E-state index contributed by atoms with van der Waals surface area (Å²) in [5, 5.41) is 88.8. The van der Waals surface area contributed by atoms with E-state index < -0.39 is 56.3 Å². The van der Waals surface area contributed by atoms with Crippen LogP contribution in [0.5, 0.6) is 34.5 Å². The summed E-state index contributed by atoms with van der Waals surface area (Å²) in [7, 11) is 0. The molecule has 3 aliphatic carbocycles. The fraction of sp³-hybridized carbons (Fsp3) is 0.130. The number of hydrogen-bond acceptors (Lipinski definition) is 18. The Morgan fingerprint density at radius 2 is 0.781 bits per heavy atom. The molecule has 2 atom stereocenters. The highest BCUT2D eigenvalue weighted by Crippen LogP contribution is 2.39. The fourth-order valence-electron chi connectivity index (χ4n) is 6.98. The van der Waals surface area contributed by atoms with Gasteiger partial charge >= 0.3 is 0 Å². The fourth-order valence-corrected chi connectivity index (χ4v) is 6.98. The zero-order valence-electron chi connectivity index (χ0n) is 33.0. The number of phenols is 6. The Kier molecular flexibility index (Phi) is 11.1. The van der Waals surface area contributed by atoms with Gasteiger partial charge in [0.15, 0.2) is 44.8 Å². The number of fused-ring (bicyclic) bond motifs is 3. The van der Waals surface area contributed by atoms with Gasteiger partial charge in [-0.3, -0.25) is 28.8 Å². The van der Waals surface area contributed by atoms with Crippen LogP contribution < -0.4 is 16.3 Å². The molecule has 6 aromatic rings. The molecular weight excluding hydrogens is 840 g/mol. The normalized spacial score (nSPS) is 19.4. The topological polar surface area (TPSA) is 324 Å². The summed E-state index contributed by atoms with van der Waals surface area (Å²) >= 11 is 0. The number of benzene rings is 3. The molecule has 9 N–H and O–H groups in total. The largest absolute Gasteiger partial charge is 0.508 e. The van der Waals surface area contributed by atoms with Crippen molar-refractivity contribution < 1.29 is 73.6 Å². The number of hydrogen-bond donors (Lipinski definition) is 9. The van der Waals surface area contributed by atoms with E-state index in [2.05, 4.69) is 0 Å². The summed E-state index contributed by atoms with van der Waals surface area (Å²) in [6.07, 6.45) is 12.1. The Morgan fingerprint density at radius 1 is 0.453 bits per heavy atom. The molecule has 0 amide bonds. The number of carbonyl (C=O) groups excluding carboxylic acids is 3. The van der Waals surface area contributed by atoms with Gasteiger partial charge in [-0.1, -0.05) is 6.92 Å². The van der Waals surface area contributed by atoms with Gasteiger partial charge in [0, 0.05) is 66.9 Å². The van der Waals surface area contributed by atoms with Crippen LogP contribution in [0.1, 0.15) is 30.6 Å². The Labute approximate surface area is 357 Å². The highest BCUT2D eigenvalue weighted by molar-refractivity contribution is 6.01. The minimum absolute atomic E-state index is 0.0359. The molecule has 0 saturated carbocycles. The molecule has 0 fully saturated rings. The molecule has 326 valence electrons. The predicted molar refractivity (Wildman–Crippen MR) is 224 cm³/mol. The van der Waals surface area contributed by atoms with E-state index in [0.29, 0.717) is 0 Å². The maximum atomic E-state index is 12.2. The third-order valence-electron chi connectivity index (χ3n) is 10.4. The van der Waals surface area contributed by atoms with E-state index in [-0.39, 0.29) is 91.2 Å². The third kappa shape index (κ3) is 8.34. The second-order valence-corrected chi connectivity index (χ2v) is 15.0. The lowest BCUT2D eigenvalue weighted by Crippen LogP contribution is -2.36. The van der Waals surface area contributed by atoms with E-state index in [4.69, 9.17) is 13.3 Å². The highest BCUT2D eigenvalue weighted by Gasteiger charge is 2.40. The van der Waals surface area contributed by atoms with Gasteiger partial charge < -0.3 is 59.2 Å². The molecule has 3 aromatic carbocycles. The quantitative estimate of drug-likeness (QED) is 0.122. The third-order valence-corrected chi connectivity index (χ3v) is 10.4. The summed E-state index contributed by atoms with van der Waals surface area (Å²) in [6.45, 7) is 1.67. The van der Waals surface area contributed by atoms with Crippen LogP contribution in [-0.4, -0.2) is 63.3 Å². The zero-order valence-corrected chi connectivity index (χ0v) is 33.0. The smallest absolute Gasteiger partial charge is 0.196 e. The Bertz CT molecular complexity index is 3120. The van der Waals surface area contributed by atoms with Crippen LogP contribution in [0.3, 0.4) is 0 Å². The second-order valence-electron chi connectivity index (χ2n) is 15.0. The van der Waals surface area contributed by atoms with E-state index in [0.717, 1.165) is 72.8 Å². The van der Waals surface area contributed by atoms with Crippen molar-refractivity contribution in [2.45, 2.75) is 30.1 Å². The van der Waals surface area contributed by atoms with Crippen molar-refractivity contribution in [2.75, 3.05) is 0 Å². The lowest BCUT2D eigenvalue weighted by molar-refractivity contribution is -0.119. The number of rotatable bonds is 3. The second kappa shape index (κ2) is 16.2. The molecule has 3 aromatic heterocycles. The Hall–Kier alpha value is -8.32. The molecule has 2 unspecified atom stereocenters. The average Bonchev–Trinajstić information content (AvgIpc) is 3.21. The minimum atomic E-state index is -1.73. The van der Waals surface area contributed by atoms with Gasteiger partial charge in [0.1, 0.15) is 90.3 Å². The van der Waals surface area contributed by atoms with E-state index in [1.54, 1.807) is 6.92 Å². The van der Waals surface area contributed by atoms with Gasteiger partial charge in [-0.05, 0) is 60.8 Å². The Morgan fingerprint density at radius 3 is 1.12 bits per heavy atom. The number of allylic oxidation sites excluding steroid dienone is 5. The van der Waals surface area contributed by atoms with Crippen LogP contribution in [0.25, 0.3) is 32.9 Å². The zero-order chi connectivity index (χ0) is 46.5. The first-order valence-electron chi connectivity index (χ1n) is 18.8. The monoisotopic (exact) mass is 874 g/mol. The van der Waals surface area contributed by atoms with Crippen molar-refractivity contribution in [3.05, 3.63) is 163 Å². The molecule has 64 heavy (non-hydrogen) atoms. The van der Waals surface area contributed by atoms with Crippen molar-refractivity contribution in [3.8, 4) is 34.5 Å². The molecule has 18 heteroatoms. The summed E-state index contributed by atoms with van der Waals surface area (Å²) in [5.41, 5.74) is -6.92. The van der Waals surface area contributed by atoms with E-state index in [1.807, 2.05) is 0 Å². The van der Waals surface area contributed by atoms with Gasteiger partial charge in [0.25, 0.3) is 0 Å². The lowest BCUT2D eigenvalue weighted by atomic mass is 9.79. The lowest BCUT2D eigenvalue weighted by Gasteiger charge is -2.32. The predicted octanol–water partition coefficient (Wildman–Crippen LogP) is 3.73. The van der Waals surface area contributed by atoms with Crippen LogP contribution in [0.4, 0.5) is 0 Å². The highest BCUT2D eigenvalue weighted by atomic mass is 16.4. The first-order valence-corrected chi connectivity index (χ1v) is 18.8. The van der Waals surface area contributed by atoms with Crippen molar-refractivity contribution >= 4 is 50.3 Å². The molecule has 0 aliphatic heterocycles. The number of carbonyl (C=O) groups is 3. The molecule has 18 nitrogen and oxygen atoms in total. The number of aromatic hydroxyl groups is 6. The molecule has 0 radical (unpaired) electrons. The maximum absolute atomic E-state index is 12.2. The van der Waals surface area contributed by atoms with Gasteiger partial charge in [0.05, 0.1) is 0 Å². The van der Waals surface area contributed by atoms with Crippen LogP contribution in [-0.2, 0) is 31.2 Å². The summed E-state index contributed by atoms with van der Waals surface area (Å²) in [4.78, 5) is 69.9. The number of ketones is 3. The standard InChI is InChI=1S/C16H14O6.2C15H10O6/c1-8-4-9(17)2-3-16(8,21)14-7-12(20)15-11(19)5-10(18)6-13(15)22-14;2*16-8-1-3-15(20,4-2-8)13-7-11(19)14-10(18)5-9(17)6-12(14)21-13/h2-3,5-8,18-19,21H,4H2,1H3;2*1-7,17-18,20H. The number of aliphatic hydroxyl groups is 3. The molecule has 0 spiro atoms. The van der Waals surface area contributed by atoms with Crippen LogP contribution in [0.15, 0.2) is 143 Å². The van der Waals surface area contributed by atoms with Crippen molar-refractivity contribution in [1.29, 1.82) is 0 Å². The van der Waals surface area contributed by atoms with E-state index in [9.17, 15) is 74.7 Å². The van der Waals surface area contributed by atoms with E-state index in [1.165, 1.54) is 42.5 Å². The molecule has 3 aliphatic rings. The van der Waals surface area contributed by atoms with Gasteiger partial charge in [-0.15, -0.1) is 0 Å². The molecule has 9 rings (SSSR count). The molecule has 0 saturated heterocycles. The summed E-state index contributed by atoms with van der Waals surface area (Å²) in [6, 6.07) is 9.74. The van der Waals surface area contributed by atoms with Gasteiger partial charge in [-0.2, -0.15) is 0 Å². The van der Waals surface area contributed by atoms with Gasteiger partial charge in [0.2, 0.25) is 0 Å². The Balaban J connectivity index is 0.000000144. The maximum Gasteiger partial charge on any atom is 0.196 e. The van der Waals surface area contributed by atoms with Crippen molar-refractivity contribution in [1.82, 2.24) is 0 Å². The molecular formula is C46H34O18. The number of phenolic OH excluding ortho intramolecular Hbond substituents is 6. The SMILES string of the molecule is CC1CC(=O)C=CC1(O)c1cc(=O)c2c(O)cc(O)cc2o1.O=C1C=CC(O)(c2cc(=O)c3c(O)cc(O)cc3o2)C=C1.O=C1C=CC(O)(c2cc(=O)c3c(O)cc(O)cc3o2)C=C1. The van der Waals surface area contributed by atoms with Crippen LogP contribution in [0, 0.1) is 5.92 Å². The summed E-state index contributed by atoms with van der Waals surface area (Å²) in [5.74, 6) is -3.51. The van der Waals surface area contributed by atoms with E-state index >= 15 is 0 Å². The van der Waals surface area contributed by atoms with Crippen LogP contribution >= 0.6 is 0 Å². The first-order chi connectivity index (χ1) is 30.1. The summed E-state index contributed by atoms with van der Waals surface area (Å²) < 4.78 is 16.3. The average molecular weight is 875 g/mol.